The second-order valence-electron chi connectivity index (χ2n) is 5.82. The summed E-state index contributed by atoms with van der Waals surface area (Å²) in [5.41, 5.74) is 4.94. The molecule has 0 aromatic heterocycles. The Hall–Kier alpha value is -4.00. The highest BCUT2D eigenvalue weighted by atomic mass is 16.6. The van der Waals surface area contributed by atoms with Crippen molar-refractivity contribution in [3.8, 4) is 16.9 Å². The Morgan fingerprint density at radius 2 is 1.71 bits per heavy atom. The summed E-state index contributed by atoms with van der Waals surface area (Å²) in [6, 6.07) is 23.3. The average molecular weight is 375 g/mol. The summed E-state index contributed by atoms with van der Waals surface area (Å²) in [5.74, 6) is 0.131. The molecule has 0 fully saturated rings. The lowest BCUT2D eigenvalue weighted by atomic mass is 10.1. The highest BCUT2D eigenvalue weighted by Crippen LogP contribution is 2.21. The number of nitrogens with one attached hydrogen (secondary N) is 1. The molecular formula is C21H17N3O4. The molecule has 0 unspecified atom stereocenters. The average Bonchev–Trinajstić information content (AvgIpc) is 2.73. The van der Waals surface area contributed by atoms with E-state index in [1.807, 2.05) is 42.5 Å². The molecular weight excluding hydrogens is 358 g/mol. The molecule has 0 aliphatic carbocycles. The van der Waals surface area contributed by atoms with Crippen molar-refractivity contribution in [2.24, 2.45) is 5.10 Å². The first-order valence-electron chi connectivity index (χ1n) is 8.46. The summed E-state index contributed by atoms with van der Waals surface area (Å²) < 4.78 is 5.44. The smallest absolute Gasteiger partial charge is 0.277 e. The molecule has 3 aromatic carbocycles. The van der Waals surface area contributed by atoms with Crippen LogP contribution in [-0.2, 0) is 4.79 Å². The third-order valence-electron chi connectivity index (χ3n) is 3.82. The van der Waals surface area contributed by atoms with E-state index in [1.165, 1.54) is 18.3 Å². The van der Waals surface area contributed by atoms with E-state index in [2.05, 4.69) is 10.5 Å². The SMILES string of the molecule is O=C(COc1ccc(-c2ccccc2)cc1)N/N=C/c1cccc([N+](=O)[O-])c1. The molecule has 3 aromatic rings. The van der Waals surface area contributed by atoms with Crippen LogP contribution in [0.2, 0.25) is 0 Å². The van der Waals surface area contributed by atoms with Gasteiger partial charge in [0.25, 0.3) is 11.6 Å². The largest absolute Gasteiger partial charge is 0.484 e. The van der Waals surface area contributed by atoms with Crippen molar-refractivity contribution in [2.75, 3.05) is 6.61 Å². The molecule has 0 aliphatic heterocycles. The van der Waals surface area contributed by atoms with Crippen molar-refractivity contribution in [2.45, 2.75) is 0 Å². The number of benzene rings is 3. The van der Waals surface area contributed by atoms with Gasteiger partial charge in [-0.25, -0.2) is 5.43 Å². The van der Waals surface area contributed by atoms with E-state index >= 15 is 0 Å². The maximum absolute atomic E-state index is 11.8. The summed E-state index contributed by atoms with van der Waals surface area (Å²) in [5, 5.41) is 14.5. The van der Waals surface area contributed by atoms with Crippen LogP contribution in [0.4, 0.5) is 5.69 Å². The number of non-ortho nitro benzene ring substituents is 1. The number of nitro groups is 1. The number of nitrogens with zero attached hydrogens (tertiary/aromatic N) is 2. The summed E-state index contributed by atoms with van der Waals surface area (Å²) in [6.45, 7) is -0.197. The van der Waals surface area contributed by atoms with Crippen LogP contribution in [0.25, 0.3) is 11.1 Å². The maximum atomic E-state index is 11.8. The minimum atomic E-state index is -0.493. The zero-order valence-electron chi connectivity index (χ0n) is 14.8. The fourth-order valence-corrected chi connectivity index (χ4v) is 2.45. The highest BCUT2D eigenvalue weighted by Gasteiger charge is 2.05. The molecule has 0 spiro atoms. The Bertz CT molecular complexity index is 986. The topological polar surface area (TPSA) is 93.8 Å². The first-order valence-corrected chi connectivity index (χ1v) is 8.46. The molecule has 1 N–H and O–H groups in total. The van der Waals surface area contributed by atoms with Crippen LogP contribution in [0.1, 0.15) is 5.56 Å². The van der Waals surface area contributed by atoms with E-state index in [9.17, 15) is 14.9 Å². The molecule has 28 heavy (non-hydrogen) atoms. The van der Waals surface area contributed by atoms with Gasteiger partial charge in [0, 0.05) is 17.7 Å². The van der Waals surface area contributed by atoms with E-state index in [0.29, 0.717) is 11.3 Å². The molecule has 0 heterocycles. The first-order chi connectivity index (χ1) is 13.6. The van der Waals surface area contributed by atoms with E-state index in [0.717, 1.165) is 11.1 Å². The highest BCUT2D eigenvalue weighted by molar-refractivity contribution is 5.83. The van der Waals surface area contributed by atoms with Crippen LogP contribution in [0, 0.1) is 10.1 Å². The number of rotatable bonds is 7. The van der Waals surface area contributed by atoms with Gasteiger partial charge < -0.3 is 4.74 Å². The van der Waals surface area contributed by atoms with Gasteiger partial charge in [0.15, 0.2) is 6.61 Å². The van der Waals surface area contributed by atoms with Gasteiger partial charge in [0.2, 0.25) is 0 Å². The van der Waals surface area contributed by atoms with Crippen LogP contribution in [0.15, 0.2) is 84.0 Å². The standard InChI is InChI=1S/C21H17N3O4/c25-21(23-22-14-16-5-4-8-19(13-16)24(26)27)15-28-20-11-9-18(10-12-20)17-6-2-1-3-7-17/h1-14H,15H2,(H,23,25)/b22-14+. The fourth-order valence-electron chi connectivity index (χ4n) is 2.45. The zero-order valence-corrected chi connectivity index (χ0v) is 14.8. The minimum Gasteiger partial charge on any atom is -0.484 e. The number of carbonyl (C=O) groups is 1. The third kappa shape index (κ3) is 5.25. The van der Waals surface area contributed by atoms with Crippen molar-refractivity contribution < 1.29 is 14.5 Å². The van der Waals surface area contributed by atoms with Gasteiger partial charge in [-0.15, -0.1) is 0 Å². The van der Waals surface area contributed by atoms with E-state index in [-0.39, 0.29) is 12.3 Å². The zero-order chi connectivity index (χ0) is 19.8. The molecule has 1 amide bonds. The Labute approximate surface area is 161 Å². The number of hydrazone groups is 1. The Morgan fingerprint density at radius 3 is 2.43 bits per heavy atom. The summed E-state index contributed by atoms with van der Waals surface area (Å²) in [4.78, 5) is 22.1. The molecule has 7 heteroatoms. The quantitative estimate of drug-likeness (QED) is 0.386. The maximum Gasteiger partial charge on any atom is 0.277 e. The van der Waals surface area contributed by atoms with Crippen LogP contribution < -0.4 is 10.2 Å². The van der Waals surface area contributed by atoms with E-state index in [4.69, 9.17) is 4.74 Å². The molecule has 3 rings (SSSR count). The van der Waals surface area contributed by atoms with E-state index < -0.39 is 10.8 Å². The summed E-state index contributed by atoms with van der Waals surface area (Å²) in [7, 11) is 0. The molecule has 0 atom stereocenters. The number of carbonyl (C=O) groups excluding carboxylic acids is 1. The lowest BCUT2D eigenvalue weighted by Crippen LogP contribution is -2.24. The third-order valence-corrected chi connectivity index (χ3v) is 3.82. The first kappa shape index (κ1) is 18.8. The van der Waals surface area contributed by atoms with Gasteiger partial charge in [-0.05, 0) is 23.3 Å². The summed E-state index contributed by atoms with van der Waals surface area (Å²) >= 11 is 0. The van der Waals surface area contributed by atoms with Gasteiger partial charge in [-0.3, -0.25) is 14.9 Å². The summed E-state index contributed by atoms with van der Waals surface area (Å²) in [6.07, 6.45) is 1.33. The second kappa shape index (κ2) is 9.09. The Morgan fingerprint density at radius 1 is 1.00 bits per heavy atom. The van der Waals surface area contributed by atoms with Crippen LogP contribution in [-0.4, -0.2) is 23.7 Å². The Balaban J connectivity index is 1.49. The molecule has 7 nitrogen and oxygen atoms in total. The lowest BCUT2D eigenvalue weighted by Gasteiger charge is -2.06. The molecule has 0 saturated carbocycles. The van der Waals surface area contributed by atoms with Crippen molar-refractivity contribution in [1.29, 1.82) is 0 Å². The molecule has 0 radical (unpaired) electrons. The van der Waals surface area contributed by atoms with Crippen molar-refractivity contribution in [3.05, 3.63) is 94.5 Å². The number of ether oxygens (including phenoxy) is 1. The van der Waals surface area contributed by atoms with Crippen LogP contribution >= 0.6 is 0 Å². The molecule has 0 aliphatic rings. The van der Waals surface area contributed by atoms with Gasteiger partial charge in [0.05, 0.1) is 11.1 Å². The molecule has 0 saturated heterocycles. The number of nitro benzene ring substituents is 1. The van der Waals surface area contributed by atoms with Crippen molar-refractivity contribution in [3.63, 3.8) is 0 Å². The lowest BCUT2D eigenvalue weighted by molar-refractivity contribution is -0.384. The van der Waals surface area contributed by atoms with Gasteiger partial charge in [-0.2, -0.15) is 5.10 Å². The fraction of sp³-hybridized carbons (Fsp3) is 0.0476. The molecule has 140 valence electrons. The van der Waals surface area contributed by atoms with Gasteiger partial charge in [0.1, 0.15) is 5.75 Å². The van der Waals surface area contributed by atoms with Crippen LogP contribution in [0.5, 0.6) is 5.75 Å². The van der Waals surface area contributed by atoms with E-state index in [1.54, 1.807) is 24.3 Å². The monoisotopic (exact) mass is 375 g/mol. The van der Waals surface area contributed by atoms with Crippen molar-refractivity contribution >= 4 is 17.8 Å². The van der Waals surface area contributed by atoms with Gasteiger partial charge >= 0.3 is 0 Å². The normalized spacial score (nSPS) is 10.6. The second-order valence-corrected chi connectivity index (χ2v) is 5.82. The predicted molar refractivity (Wildman–Crippen MR) is 106 cm³/mol. The number of amides is 1. The Kier molecular flexibility index (Phi) is 6.10. The minimum absolute atomic E-state index is 0.0439. The predicted octanol–water partition coefficient (Wildman–Crippen LogP) is 3.79. The van der Waals surface area contributed by atoms with Crippen LogP contribution in [0.3, 0.4) is 0 Å². The number of hydrogen-bond donors (Lipinski definition) is 1. The van der Waals surface area contributed by atoms with Gasteiger partial charge in [-0.1, -0.05) is 54.6 Å². The van der Waals surface area contributed by atoms with Crippen molar-refractivity contribution in [1.82, 2.24) is 5.43 Å². The molecule has 0 bridgehead atoms. The number of hydrogen-bond acceptors (Lipinski definition) is 5.